The molecule has 168 valence electrons. The van der Waals surface area contributed by atoms with Crippen molar-refractivity contribution in [3.8, 4) is 22.3 Å². The molecule has 6 heteroatoms. The summed E-state index contributed by atoms with van der Waals surface area (Å²) in [6, 6.07) is 20.8. The Balaban J connectivity index is 1.58. The molecule has 0 aliphatic heterocycles. The van der Waals surface area contributed by atoms with Gasteiger partial charge in [-0.25, -0.2) is 13.2 Å². The topological polar surface area (TPSA) is 0 Å². The second kappa shape index (κ2) is 8.77. The second-order valence-corrected chi connectivity index (χ2v) is 7.87. The molecule has 0 spiro atoms. The molecule has 0 fully saturated rings. The highest BCUT2D eigenvalue weighted by molar-refractivity contribution is 5.71. The fraction of sp³-hybridized carbons (Fsp3) is 0.111. The lowest BCUT2D eigenvalue weighted by molar-refractivity contribution is -0.142. The van der Waals surface area contributed by atoms with Gasteiger partial charge < -0.3 is 0 Å². The van der Waals surface area contributed by atoms with Crippen LogP contribution in [0.5, 0.6) is 0 Å². The van der Waals surface area contributed by atoms with Gasteiger partial charge in [0.05, 0.1) is 0 Å². The van der Waals surface area contributed by atoms with Gasteiger partial charge in [0.15, 0.2) is 0 Å². The van der Waals surface area contributed by atoms with Crippen molar-refractivity contribution in [2.75, 3.05) is 0 Å². The fourth-order valence-electron chi connectivity index (χ4n) is 3.68. The first kappa shape index (κ1) is 22.6. The Bertz CT molecular complexity index is 1260. The van der Waals surface area contributed by atoms with E-state index in [2.05, 4.69) is 12.1 Å². The number of halogens is 6. The molecule has 0 bridgehead atoms. The lowest BCUT2D eigenvalue weighted by Gasteiger charge is -2.12. The van der Waals surface area contributed by atoms with Crippen molar-refractivity contribution in [2.45, 2.75) is 19.5 Å². The molecule has 0 unspecified atom stereocenters. The van der Waals surface area contributed by atoms with Gasteiger partial charge in [0.1, 0.15) is 23.0 Å². The number of alkyl halides is 3. The third kappa shape index (κ3) is 4.95. The normalized spacial score (nSPS) is 11.6. The minimum absolute atomic E-state index is 0.193. The van der Waals surface area contributed by atoms with Gasteiger partial charge in [0.2, 0.25) is 0 Å². The maximum atomic E-state index is 14.8. The van der Waals surface area contributed by atoms with Gasteiger partial charge >= 0.3 is 6.18 Å². The summed E-state index contributed by atoms with van der Waals surface area (Å²) >= 11 is 0. The summed E-state index contributed by atoms with van der Waals surface area (Å²) < 4.78 is 80.9. The van der Waals surface area contributed by atoms with Crippen molar-refractivity contribution in [3.05, 3.63) is 119 Å². The van der Waals surface area contributed by atoms with Crippen LogP contribution in [0.2, 0.25) is 0 Å². The Morgan fingerprint density at radius 2 is 1.06 bits per heavy atom. The average Bonchev–Trinajstić information content (AvgIpc) is 2.74. The summed E-state index contributed by atoms with van der Waals surface area (Å²) in [5, 5.41) is 0. The molecule has 0 saturated heterocycles. The zero-order valence-electron chi connectivity index (χ0n) is 17.5. The number of rotatable bonds is 4. The molecular formula is C27H18F6. The molecule has 0 aliphatic carbocycles. The SMILES string of the molecule is Cc1ccc(Cc2ccc(-c3ccc(-c4cc(F)c(C(F)(F)F)c(F)c4)c(F)c3)cc2)cc1. The zero-order chi connectivity index (χ0) is 23.8. The third-order valence-corrected chi connectivity index (χ3v) is 5.42. The third-order valence-electron chi connectivity index (χ3n) is 5.42. The minimum Gasteiger partial charge on any atom is -0.206 e. The van der Waals surface area contributed by atoms with Crippen LogP contribution < -0.4 is 0 Å². The zero-order valence-corrected chi connectivity index (χ0v) is 17.5. The molecule has 4 rings (SSSR count). The predicted octanol–water partition coefficient (Wildman–Crippen LogP) is 8.36. The number of hydrogen-bond acceptors (Lipinski definition) is 0. The van der Waals surface area contributed by atoms with Crippen molar-refractivity contribution < 1.29 is 26.3 Å². The smallest absolute Gasteiger partial charge is 0.206 e. The summed E-state index contributed by atoms with van der Waals surface area (Å²) in [5.41, 5.74) is 2.20. The van der Waals surface area contributed by atoms with Crippen LogP contribution in [-0.2, 0) is 12.6 Å². The van der Waals surface area contributed by atoms with Crippen LogP contribution in [-0.4, -0.2) is 0 Å². The Kier molecular flexibility index (Phi) is 6.02. The van der Waals surface area contributed by atoms with Crippen LogP contribution in [0.15, 0.2) is 78.9 Å². The van der Waals surface area contributed by atoms with Crippen molar-refractivity contribution in [3.63, 3.8) is 0 Å². The van der Waals surface area contributed by atoms with Gasteiger partial charge in [-0.1, -0.05) is 66.2 Å². The Hall–Kier alpha value is -3.54. The van der Waals surface area contributed by atoms with E-state index in [0.717, 1.165) is 17.5 Å². The van der Waals surface area contributed by atoms with E-state index in [0.29, 0.717) is 17.7 Å². The van der Waals surface area contributed by atoms with E-state index in [4.69, 9.17) is 0 Å². The largest absolute Gasteiger partial charge is 0.422 e. The molecule has 0 amide bonds. The van der Waals surface area contributed by atoms with Crippen LogP contribution in [0.3, 0.4) is 0 Å². The van der Waals surface area contributed by atoms with Crippen LogP contribution in [0.1, 0.15) is 22.3 Å². The Morgan fingerprint density at radius 3 is 1.58 bits per heavy atom. The van der Waals surface area contributed by atoms with Gasteiger partial charge in [-0.2, -0.15) is 13.2 Å². The molecule has 0 N–H and O–H groups in total. The van der Waals surface area contributed by atoms with Gasteiger partial charge in [-0.3, -0.25) is 0 Å². The molecule has 0 atom stereocenters. The molecule has 0 nitrogen and oxygen atoms in total. The molecular weight excluding hydrogens is 438 g/mol. The van der Waals surface area contributed by atoms with E-state index in [-0.39, 0.29) is 11.1 Å². The molecule has 0 heterocycles. The van der Waals surface area contributed by atoms with Crippen molar-refractivity contribution >= 4 is 0 Å². The monoisotopic (exact) mass is 456 g/mol. The van der Waals surface area contributed by atoms with Gasteiger partial charge in [0, 0.05) is 5.56 Å². The molecule has 4 aromatic carbocycles. The van der Waals surface area contributed by atoms with E-state index < -0.39 is 29.2 Å². The van der Waals surface area contributed by atoms with E-state index in [1.54, 1.807) is 6.07 Å². The Morgan fingerprint density at radius 1 is 0.576 bits per heavy atom. The molecule has 0 saturated carbocycles. The number of benzene rings is 4. The summed E-state index contributed by atoms with van der Waals surface area (Å²) in [6.07, 6.45) is -4.43. The van der Waals surface area contributed by atoms with Gasteiger partial charge in [0.25, 0.3) is 0 Å². The van der Waals surface area contributed by atoms with E-state index in [1.165, 1.54) is 23.3 Å². The van der Waals surface area contributed by atoms with Gasteiger partial charge in [-0.15, -0.1) is 0 Å². The molecule has 0 radical (unpaired) electrons. The van der Waals surface area contributed by atoms with Crippen LogP contribution in [0.4, 0.5) is 26.3 Å². The first-order chi connectivity index (χ1) is 15.6. The van der Waals surface area contributed by atoms with Crippen molar-refractivity contribution in [2.24, 2.45) is 0 Å². The van der Waals surface area contributed by atoms with Crippen molar-refractivity contribution in [1.82, 2.24) is 0 Å². The average molecular weight is 456 g/mol. The lowest BCUT2D eigenvalue weighted by atomic mass is 9.97. The number of hydrogen-bond donors (Lipinski definition) is 0. The summed E-state index contributed by atoms with van der Waals surface area (Å²) in [5.74, 6) is -4.37. The highest BCUT2D eigenvalue weighted by Crippen LogP contribution is 2.37. The van der Waals surface area contributed by atoms with Crippen molar-refractivity contribution in [1.29, 1.82) is 0 Å². The first-order valence-corrected chi connectivity index (χ1v) is 10.1. The van der Waals surface area contributed by atoms with Crippen LogP contribution in [0.25, 0.3) is 22.3 Å². The van der Waals surface area contributed by atoms with Crippen LogP contribution >= 0.6 is 0 Å². The minimum atomic E-state index is -5.18. The highest BCUT2D eigenvalue weighted by atomic mass is 19.4. The summed E-state index contributed by atoms with van der Waals surface area (Å²) in [6.45, 7) is 2.02. The van der Waals surface area contributed by atoms with E-state index in [9.17, 15) is 26.3 Å². The predicted molar refractivity (Wildman–Crippen MR) is 116 cm³/mol. The fourth-order valence-corrected chi connectivity index (χ4v) is 3.68. The highest BCUT2D eigenvalue weighted by Gasteiger charge is 2.38. The summed E-state index contributed by atoms with van der Waals surface area (Å²) in [7, 11) is 0. The maximum Gasteiger partial charge on any atom is 0.422 e. The molecule has 0 aromatic heterocycles. The number of aryl methyl sites for hydroxylation is 1. The van der Waals surface area contributed by atoms with E-state index in [1.807, 2.05) is 43.3 Å². The van der Waals surface area contributed by atoms with E-state index >= 15 is 0 Å². The molecule has 0 aliphatic rings. The molecule has 33 heavy (non-hydrogen) atoms. The Labute approximate surface area is 187 Å². The standard InChI is InChI=1S/C27H18F6/c1-16-2-4-17(5-3-16)12-18-6-8-19(9-7-18)20-10-11-22(23(28)13-20)21-14-24(29)26(25(30)15-21)27(31,32)33/h2-11,13-15H,12H2,1H3. The second-order valence-electron chi connectivity index (χ2n) is 7.87. The van der Waals surface area contributed by atoms with Crippen LogP contribution in [0, 0.1) is 24.4 Å². The van der Waals surface area contributed by atoms with Gasteiger partial charge in [-0.05, 0) is 59.4 Å². The summed E-state index contributed by atoms with van der Waals surface area (Å²) in [4.78, 5) is 0. The molecule has 4 aromatic rings. The maximum absolute atomic E-state index is 14.8. The first-order valence-electron chi connectivity index (χ1n) is 10.1. The quantitative estimate of drug-likeness (QED) is 0.271. The lowest BCUT2D eigenvalue weighted by Crippen LogP contribution is -2.11.